The first-order valence-corrected chi connectivity index (χ1v) is 9.52. The minimum atomic E-state index is 0.409. The van der Waals surface area contributed by atoms with Gasteiger partial charge in [-0.25, -0.2) is 0 Å². The molecule has 2 aliphatic heterocycles. The molecule has 0 spiro atoms. The molecule has 6 heteroatoms. The predicted octanol–water partition coefficient (Wildman–Crippen LogP) is 2.93. The number of hydrogen-bond acceptors (Lipinski definition) is 6. The number of nitrogens with zero attached hydrogens (tertiary/aromatic N) is 4. The van der Waals surface area contributed by atoms with E-state index in [1.165, 1.54) is 25.9 Å². The van der Waals surface area contributed by atoms with Gasteiger partial charge in [0.2, 0.25) is 5.89 Å². The number of likely N-dealkylation sites (tertiary alicyclic amines) is 2. The van der Waals surface area contributed by atoms with Gasteiger partial charge in [0.05, 0.1) is 12.8 Å². The molecule has 2 aromatic rings. The standard InChI is InChI=1S/C19H28N4O2/c1-22-8-4-15(5-9-22)13-18-20-19(25-21-18)16-6-10-23(11-7-16)14-17-3-2-12-24-17/h2-3,12,15-16H,4-11,13-14H2,1H3. The number of rotatable bonds is 5. The molecule has 0 atom stereocenters. The predicted molar refractivity (Wildman–Crippen MR) is 94.2 cm³/mol. The highest BCUT2D eigenvalue weighted by molar-refractivity contribution is 5.01. The molecule has 2 aliphatic rings. The Labute approximate surface area is 149 Å². The molecule has 4 heterocycles. The van der Waals surface area contributed by atoms with Gasteiger partial charge in [0.25, 0.3) is 0 Å². The van der Waals surface area contributed by atoms with E-state index in [4.69, 9.17) is 13.9 Å². The normalized spacial score (nSPS) is 21.8. The molecule has 25 heavy (non-hydrogen) atoms. The Balaban J connectivity index is 1.26. The molecule has 2 saturated heterocycles. The molecule has 0 bridgehead atoms. The molecule has 0 aromatic carbocycles. The van der Waals surface area contributed by atoms with Gasteiger partial charge < -0.3 is 13.8 Å². The third kappa shape index (κ3) is 4.30. The molecule has 136 valence electrons. The third-order valence-electron chi connectivity index (χ3n) is 5.69. The van der Waals surface area contributed by atoms with Crippen LogP contribution in [0.1, 0.15) is 49.1 Å². The van der Waals surface area contributed by atoms with Crippen LogP contribution in [0.25, 0.3) is 0 Å². The summed E-state index contributed by atoms with van der Waals surface area (Å²) in [6.45, 7) is 5.37. The van der Waals surface area contributed by atoms with Gasteiger partial charge in [0.15, 0.2) is 5.82 Å². The largest absolute Gasteiger partial charge is 0.468 e. The fraction of sp³-hybridized carbons (Fsp3) is 0.684. The van der Waals surface area contributed by atoms with Crippen LogP contribution in [0.4, 0.5) is 0 Å². The van der Waals surface area contributed by atoms with Crippen LogP contribution >= 0.6 is 0 Å². The average Bonchev–Trinajstić information content (AvgIpc) is 3.30. The number of piperidine rings is 2. The van der Waals surface area contributed by atoms with Crippen LogP contribution in [-0.4, -0.2) is 53.2 Å². The third-order valence-corrected chi connectivity index (χ3v) is 5.69. The van der Waals surface area contributed by atoms with E-state index >= 15 is 0 Å². The minimum Gasteiger partial charge on any atom is -0.468 e. The number of aromatic nitrogens is 2. The van der Waals surface area contributed by atoms with Gasteiger partial charge in [-0.1, -0.05) is 5.16 Å². The molecule has 0 saturated carbocycles. The van der Waals surface area contributed by atoms with Gasteiger partial charge in [0, 0.05) is 12.3 Å². The highest BCUT2D eigenvalue weighted by Crippen LogP contribution is 2.28. The molecule has 0 unspecified atom stereocenters. The first-order chi connectivity index (χ1) is 12.3. The van der Waals surface area contributed by atoms with E-state index in [1.54, 1.807) is 6.26 Å². The molecule has 6 nitrogen and oxygen atoms in total. The Hall–Kier alpha value is -1.66. The van der Waals surface area contributed by atoms with Crippen LogP contribution in [0, 0.1) is 5.92 Å². The maximum absolute atomic E-state index is 5.60. The van der Waals surface area contributed by atoms with E-state index in [9.17, 15) is 0 Å². The molecular weight excluding hydrogens is 316 g/mol. The van der Waals surface area contributed by atoms with Crippen molar-refractivity contribution in [3.8, 4) is 0 Å². The van der Waals surface area contributed by atoms with Crippen molar-refractivity contribution >= 4 is 0 Å². The lowest BCUT2D eigenvalue weighted by molar-refractivity contribution is 0.176. The van der Waals surface area contributed by atoms with Crippen LogP contribution in [0.2, 0.25) is 0 Å². The van der Waals surface area contributed by atoms with Crippen molar-refractivity contribution in [1.29, 1.82) is 0 Å². The second-order valence-electron chi connectivity index (χ2n) is 7.63. The molecule has 0 radical (unpaired) electrons. The highest BCUT2D eigenvalue weighted by Gasteiger charge is 2.26. The summed E-state index contributed by atoms with van der Waals surface area (Å²) in [4.78, 5) is 9.55. The highest BCUT2D eigenvalue weighted by atomic mass is 16.5. The Morgan fingerprint density at radius 2 is 1.92 bits per heavy atom. The summed E-state index contributed by atoms with van der Waals surface area (Å²) in [5, 5.41) is 4.26. The van der Waals surface area contributed by atoms with Gasteiger partial charge in [-0.15, -0.1) is 0 Å². The molecule has 2 aromatic heterocycles. The van der Waals surface area contributed by atoms with E-state index in [0.29, 0.717) is 11.8 Å². The summed E-state index contributed by atoms with van der Waals surface area (Å²) >= 11 is 0. The lowest BCUT2D eigenvalue weighted by atomic mass is 9.93. The van der Waals surface area contributed by atoms with Crippen molar-refractivity contribution in [2.75, 3.05) is 33.2 Å². The van der Waals surface area contributed by atoms with E-state index < -0.39 is 0 Å². The van der Waals surface area contributed by atoms with Crippen molar-refractivity contribution in [2.45, 2.75) is 44.6 Å². The lowest BCUT2D eigenvalue weighted by Crippen LogP contribution is -2.32. The minimum absolute atomic E-state index is 0.409. The van der Waals surface area contributed by atoms with E-state index in [1.807, 2.05) is 12.1 Å². The molecule has 0 aliphatic carbocycles. The Morgan fingerprint density at radius 1 is 1.12 bits per heavy atom. The van der Waals surface area contributed by atoms with E-state index in [-0.39, 0.29) is 0 Å². The van der Waals surface area contributed by atoms with Gasteiger partial charge in [-0.3, -0.25) is 4.90 Å². The van der Waals surface area contributed by atoms with Gasteiger partial charge in [-0.2, -0.15) is 4.98 Å². The van der Waals surface area contributed by atoms with Crippen LogP contribution in [0.3, 0.4) is 0 Å². The Kier molecular flexibility index (Phi) is 5.17. The van der Waals surface area contributed by atoms with Crippen LogP contribution in [0.5, 0.6) is 0 Å². The number of furan rings is 1. The SMILES string of the molecule is CN1CCC(Cc2noc(C3CCN(Cc4ccco4)CC3)n2)CC1. The van der Waals surface area contributed by atoms with E-state index in [0.717, 1.165) is 56.4 Å². The van der Waals surface area contributed by atoms with Gasteiger partial charge in [-0.05, 0) is 77.0 Å². The van der Waals surface area contributed by atoms with E-state index in [2.05, 4.69) is 22.0 Å². The molecule has 0 amide bonds. The van der Waals surface area contributed by atoms with Gasteiger partial charge in [0.1, 0.15) is 5.76 Å². The summed E-state index contributed by atoms with van der Waals surface area (Å²) in [5.41, 5.74) is 0. The molecule has 4 rings (SSSR count). The fourth-order valence-electron chi connectivity index (χ4n) is 4.00. The number of hydrogen-bond donors (Lipinski definition) is 0. The maximum Gasteiger partial charge on any atom is 0.229 e. The second kappa shape index (κ2) is 7.70. The Bertz CT molecular complexity index is 638. The lowest BCUT2D eigenvalue weighted by Gasteiger charge is -2.29. The monoisotopic (exact) mass is 344 g/mol. The van der Waals surface area contributed by atoms with Crippen LogP contribution < -0.4 is 0 Å². The fourth-order valence-corrected chi connectivity index (χ4v) is 4.00. The van der Waals surface area contributed by atoms with Crippen molar-refractivity contribution < 1.29 is 8.94 Å². The van der Waals surface area contributed by atoms with Crippen molar-refractivity contribution in [1.82, 2.24) is 19.9 Å². The van der Waals surface area contributed by atoms with Crippen molar-refractivity contribution in [3.63, 3.8) is 0 Å². The first kappa shape index (κ1) is 16.8. The zero-order valence-electron chi connectivity index (χ0n) is 15.1. The summed E-state index contributed by atoms with van der Waals surface area (Å²) in [6, 6.07) is 3.99. The van der Waals surface area contributed by atoms with Gasteiger partial charge >= 0.3 is 0 Å². The topological polar surface area (TPSA) is 58.5 Å². The van der Waals surface area contributed by atoms with Crippen molar-refractivity contribution in [2.24, 2.45) is 5.92 Å². The van der Waals surface area contributed by atoms with Crippen LogP contribution in [0.15, 0.2) is 27.3 Å². The molecule has 2 fully saturated rings. The summed E-state index contributed by atoms with van der Waals surface area (Å²) in [5.74, 6) is 3.91. The zero-order valence-corrected chi connectivity index (χ0v) is 15.1. The quantitative estimate of drug-likeness (QED) is 0.831. The average molecular weight is 344 g/mol. The molecule has 0 N–H and O–H groups in total. The summed E-state index contributed by atoms with van der Waals surface area (Å²) in [6.07, 6.45) is 7.35. The van der Waals surface area contributed by atoms with Crippen molar-refractivity contribution in [3.05, 3.63) is 35.9 Å². The first-order valence-electron chi connectivity index (χ1n) is 9.52. The summed E-state index contributed by atoms with van der Waals surface area (Å²) < 4.78 is 11.0. The van der Waals surface area contributed by atoms with Crippen LogP contribution in [-0.2, 0) is 13.0 Å². The molecular formula is C19H28N4O2. The maximum atomic E-state index is 5.60. The second-order valence-corrected chi connectivity index (χ2v) is 7.63. The smallest absolute Gasteiger partial charge is 0.229 e. The zero-order chi connectivity index (χ0) is 17.1. The summed E-state index contributed by atoms with van der Waals surface area (Å²) in [7, 11) is 2.20. The Morgan fingerprint density at radius 3 is 2.64 bits per heavy atom.